The fraction of sp³-hybridized carbons (Fsp3) is 0.909. The maximum atomic E-state index is 13.7. The maximum absolute atomic E-state index is 13.7. The number of hydrogen-bond donors (Lipinski definition) is 1. The van der Waals surface area contributed by atoms with Crippen LogP contribution in [0.4, 0.5) is 0 Å². The molecule has 1 N–H and O–H groups in total. The fourth-order valence-electron chi connectivity index (χ4n) is 4.03. The number of hydrogen-bond acceptors (Lipinski definition) is 6. The van der Waals surface area contributed by atoms with Gasteiger partial charge in [0, 0.05) is 12.8 Å². The molecular formula is C22H41NO6Si2. The standard InChI is InChI=1S/C22H41NO6Si2/c1-20(2,3)30(7,8)28-17-18-22(15-13-26-19(17)27-15,14(24)11-12-16(25)23-18)29-31(9,10)21(4,5)6/h15,17-19H,11-13H2,1-10H3,(H,23,25)/t15-,17-,18-,19-,22-/m1/s1. The molecule has 7 nitrogen and oxygen atoms in total. The van der Waals surface area contributed by atoms with Crippen LogP contribution in [-0.4, -0.2) is 65.1 Å². The van der Waals surface area contributed by atoms with Gasteiger partial charge in [-0.2, -0.15) is 0 Å². The van der Waals surface area contributed by atoms with Crippen molar-refractivity contribution >= 4 is 28.3 Å². The van der Waals surface area contributed by atoms with Crippen molar-refractivity contribution in [3.8, 4) is 0 Å². The summed E-state index contributed by atoms with van der Waals surface area (Å²) in [5.41, 5.74) is -1.30. The third kappa shape index (κ3) is 4.22. The average Bonchev–Trinajstić information content (AvgIpc) is 3.00. The number of fused-ring (bicyclic) bond motifs is 4. The Balaban J connectivity index is 2.12. The Bertz CT molecular complexity index is 741. The lowest BCUT2D eigenvalue weighted by molar-refractivity contribution is -0.217. The predicted octanol–water partition coefficient (Wildman–Crippen LogP) is 3.74. The fourth-order valence-corrected chi connectivity index (χ4v) is 6.84. The molecule has 9 heteroatoms. The lowest BCUT2D eigenvalue weighted by Gasteiger charge is -2.54. The van der Waals surface area contributed by atoms with E-state index in [4.69, 9.17) is 18.3 Å². The third-order valence-corrected chi connectivity index (χ3v) is 17.0. The van der Waals surface area contributed by atoms with Crippen molar-refractivity contribution in [2.24, 2.45) is 0 Å². The summed E-state index contributed by atoms with van der Waals surface area (Å²) < 4.78 is 26.0. The highest BCUT2D eigenvalue weighted by Gasteiger charge is 2.68. The second kappa shape index (κ2) is 7.73. The minimum Gasteiger partial charge on any atom is -0.406 e. The Morgan fingerprint density at radius 1 is 0.968 bits per heavy atom. The zero-order valence-electron chi connectivity index (χ0n) is 20.9. The first-order chi connectivity index (χ1) is 13.9. The van der Waals surface area contributed by atoms with E-state index >= 15 is 0 Å². The van der Waals surface area contributed by atoms with E-state index in [2.05, 4.69) is 73.0 Å². The molecule has 178 valence electrons. The molecule has 3 saturated heterocycles. The van der Waals surface area contributed by atoms with Crippen LogP contribution in [0, 0.1) is 0 Å². The molecule has 3 heterocycles. The van der Waals surface area contributed by atoms with Crippen molar-refractivity contribution in [1.82, 2.24) is 5.32 Å². The van der Waals surface area contributed by atoms with Gasteiger partial charge in [-0.25, -0.2) is 0 Å². The molecule has 0 aromatic heterocycles. The molecule has 0 saturated carbocycles. The van der Waals surface area contributed by atoms with Crippen LogP contribution < -0.4 is 5.32 Å². The number of carbonyl (C=O) groups excluding carboxylic acids is 2. The van der Waals surface area contributed by atoms with Gasteiger partial charge >= 0.3 is 0 Å². The first kappa shape index (κ1) is 25.0. The van der Waals surface area contributed by atoms with Gasteiger partial charge in [-0.15, -0.1) is 0 Å². The molecule has 2 bridgehead atoms. The van der Waals surface area contributed by atoms with E-state index in [-0.39, 0.29) is 41.2 Å². The molecule has 31 heavy (non-hydrogen) atoms. The summed E-state index contributed by atoms with van der Waals surface area (Å²) in [4.78, 5) is 26.4. The van der Waals surface area contributed by atoms with Gasteiger partial charge in [0.2, 0.25) is 5.91 Å². The number of ketones is 1. The second-order valence-corrected chi connectivity index (χ2v) is 21.8. The summed E-state index contributed by atoms with van der Waals surface area (Å²) in [6, 6.07) is -0.635. The number of Topliss-reactive ketones (excluding diaryl/α,β-unsaturated/α-hetero) is 1. The van der Waals surface area contributed by atoms with Gasteiger partial charge < -0.3 is 23.6 Å². The van der Waals surface area contributed by atoms with Crippen LogP contribution in [0.25, 0.3) is 0 Å². The molecule has 0 aliphatic carbocycles. The first-order valence-electron chi connectivity index (χ1n) is 11.4. The lowest BCUT2D eigenvalue weighted by atomic mass is 9.79. The van der Waals surface area contributed by atoms with Crippen molar-refractivity contribution in [1.29, 1.82) is 0 Å². The summed E-state index contributed by atoms with van der Waals surface area (Å²) in [6.45, 7) is 21.8. The molecule has 3 aliphatic heterocycles. The van der Waals surface area contributed by atoms with E-state index < -0.39 is 46.8 Å². The molecule has 0 radical (unpaired) electrons. The van der Waals surface area contributed by atoms with Gasteiger partial charge in [-0.3, -0.25) is 9.59 Å². The van der Waals surface area contributed by atoms with Gasteiger partial charge in [0.25, 0.3) is 0 Å². The van der Waals surface area contributed by atoms with Gasteiger partial charge in [0.05, 0.1) is 12.6 Å². The van der Waals surface area contributed by atoms with Crippen LogP contribution in [-0.2, 0) is 27.9 Å². The number of ether oxygens (including phenoxy) is 2. The van der Waals surface area contributed by atoms with Gasteiger partial charge in [0.1, 0.15) is 12.2 Å². The van der Waals surface area contributed by atoms with Gasteiger partial charge in [-0.1, -0.05) is 41.5 Å². The van der Waals surface area contributed by atoms with E-state index in [1.165, 1.54) is 0 Å². The van der Waals surface area contributed by atoms with Gasteiger partial charge in [-0.05, 0) is 36.3 Å². The van der Waals surface area contributed by atoms with Crippen molar-refractivity contribution in [2.75, 3.05) is 6.61 Å². The minimum atomic E-state index is -2.41. The largest absolute Gasteiger partial charge is 0.406 e. The quantitative estimate of drug-likeness (QED) is 0.629. The number of amides is 1. The van der Waals surface area contributed by atoms with E-state index in [0.29, 0.717) is 0 Å². The van der Waals surface area contributed by atoms with Gasteiger partial charge in [0.15, 0.2) is 34.3 Å². The molecule has 1 amide bonds. The molecule has 3 rings (SSSR count). The normalized spacial score (nSPS) is 34.9. The topological polar surface area (TPSA) is 83.1 Å². The van der Waals surface area contributed by atoms with Crippen LogP contribution in [0.3, 0.4) is 0 Å². The SMILES string of the molecule is CC(C)(C)[Si](C)(C)O[C@H]1[C@@H]2OC[C@@H](O2)[C@]2(O[Si](C)(C)C(C)(C)C)C(=O)CCC(=O)N[C@H]12. The zero-order valence-corrected chi connectivity index (χ0v) is 22.9. The lowest BCUT2D eigenvalue weighted by Crippen LogP contribution is -2.75. The molecule has 5 atom stereocenters. The second-order valence-electron chi connectivity index (χ2n) is 12.3. The molecule has 0 aromatic rings. The molecule has 0 aromatic carbocycles. The summed E-state index contributed by atoms with van der Waals surface area (Å²) in [5, 5.41) is 2.96. The Kier molecular flexibility index (Phi) is 6.25. The van der Waals surface area contributed by atoms with Crippen LogP contribution in [0.15, 0.2) is 0 Å². The highest BCUT2D eigenvalue weighted by Crippen LogP contribution is 2.49. The molecule has 3 fully saturated rings. The molecule has 0 spiro atoms. The van der Waals surface area contributed by atoms with Crippen molar-refractivity contribution < 1.29 is 27.9 Å². The van der Waals surface area contributed by atoms with Crippen LogP contribution >= 0.6 is 0 Å². The summed E-state index contributed by atoms with van der Waals surface area (Å²) in [6.07, 6.45) is -1.49. The van der Waals surface area contributed by atoms with Crippen LogP contribution in [0.5, 0.6) is 0 Å². The number of nitrogens with one attached hydrogen (secondary N) is 1. The summed E-state index contributed by atoms with van der Waals surface area (Å²) in [7, 11) is -4.68. The van der Waals surface area contributed by atoms with E-state index in [0.717, 1.165) is 0 Å². The Labute approximate surface area is 189 Å². The van der Waals surface area contributed by atoms with Crippen molar-refractivity contribution in [3.63, 3.8) is 0 Å². The Morgan fingerprint density at radius 2 is 1.55 bits per heavy atom. The maximum Gasteiger partial charge on any atom is 0.220 e. The summed E-state index contributed by atoms with van der Waals surface area (Å²) in [5.74, 6) is -0.234. The third-order valence-electron chi connectivity index (χ3n) is 8.05. The minimum absolute atomic E-state index is 0.0514. The monoisotopic (exact) mass is 471 g/mol. The van der Waals surface area contributed by atoms with Crippen LogP contribution in [0.2, 0.25) is 36.3 Å². The van der Waals surface area contributed by atoms with E-state index in [1.807, 2.05) is 0 Å². The van der Waals surface area contributed by atoms with E-state index in [1.54, 1.807) is 0 Å². The number of carbonyl (C=O) groups is 2. The summed E-state index contributed by atoms with van der Waals surface area (Å²) >= 11 is 0. The Morgan fingerprint density at radius 3 is 2.10 bits per heavy atom. The first-order valence-corrected chi connectivity index (χ1v) is 17.2. The average molecular weight is 472 g/mol. The zero-order chi connectivity index (χ0) is 23.6. The van der Waals surface area contributed by atoms with E-state index in [9.17, 15) is 9.59 Å². The number of rotatable bonds is 4. The molecule has 3 aliphatic rings. The smallest absolute Gasteiger partial charge is 0.220 e. The van der Waals surface area contributed by atoms with Crippen molar-refractivity contribution in [3.05, 3.63) is 0 Å². The van der Waals surface area contributed by atoms with Crippen LogP contribution in [0.1, 0.15) is 54.4 Å². The highest BCUT2D eigenvalue weighted by molar-refractivity contribution is 6.74. The Hall–Kier alpha value is -0.586. The van der Waals surface area contributed by atoms with Crippen molar-refractivity contribution in [2.45, 2.75) is 121 Å². The highest BCUT2D eigenvalue weighted by atomic mass is 28.4. The molecule has 0 unspecified atom stereocenters. The molecular weight excluding hydrogens is 430 g/mol. The predicted molar refractivity (Wildman–Crippen MR) is 124 cm³/mol.